The molecule has 0 fully saturated rings. The number of nitrogens with zero attached hydrogens (tertiary/aromatic N) is 1. The zero-order valence-corrected chi connectivity index (χ0v) is 28.2. The average molecular weight is 721 g/mol. The molecule has 0 aliphatic heterocycles. The first-order valence-corrected chi connectivity index (χ1v) is 16.5. The van der Waals surface area contributed by atoms with E-state index in [1.54, 1.807) is 24.5 Å². The molecule has 0 saturated carbocycles. The molecular weight excluding hydrogens is 676 g/mol. The van der Waals surface area contributed by atoms with Gasteiger partial charge in [-0.3, -0.25) is 24.2 Å². The number of rotatable bonds is 19. The lowest BCUT2D eigenvalue weighted by Crippen LogP contribution is -2.60. The third kappa shape index (κ3) is 10.3. The molecule has 18 nitrogen and oxygen atoms in total. The van der Waals surface area contributed by atoms with Crippen molar-refractivity contribution in [1.82, 2.24) is 31.2 Å². The Hall–Kier alpha value is -5.98. The third-order valence-electron chi connectivity index (χ3n) is 8.37. The monoisotopic (exact) mass is 720 g/mol. The summed E-state index contributed by atoms with van der Waals surface area (Å²) in [5, 5.41) is 40.9. The summed E-state index contributed by atoms with van der Waals surface area (Å²) < 4.78 is 0. The number of hydrogen-bond acceptors (Lipinski definition) is 9. The fourth-order valence-electron chi connectivity index (χ4n) is 5.60. The van der Waals surface area contributed by atoms with E-state index in [1.165, 1.54) is 0 Å². The van der Waals surface area contributed by atoms with Gasteiger partial charge in [0.15, 0.2) is 5.96 Å². The van der Waals surface area contributed by atoms with Crippen LogP contribution in [-0.4, -0.2) is 111 Å². The number of carbonyl (C=O) groups is 5. The highest BCUT2D eigenvalue weighted by molar-refractivity contribution is 5.96. The maximum atomic E-state index is 13.6. The Morgan fingerprint density at radius 3 is 1.69 bits per heavy atom. The maximum absolute atomic E-state index is 13.6. The van der Waals surface area contributed by atoms with Crippen LogP contribution in [0.15, 0.2) is 65.9 Å². The number of aromatic amines is 2. The molecule has 0 bridgehead atoms. The molecule has 0 spiro atoms. The first-order valence-electron chi connectivity index (χ1n) is 16.5. The molecule has 5 atom stereocenters. The zero-order valence-electron chi connectivity index (χ0n) is 28.2. The van der Waals surface area contributed by atoms with Gasteiger partial charge in [-0.2, -0.15) is 0 Å². The number of carboxylic acid groups (broad SMARTS) is 1. The number of fused-ring (bicyclic) bond motifs is 2. The van der Waals surface area contributed by atoms with Gasteiger partial charge in [0.05, 0.1) is 13.2 Å². The zero-order chi connectivity index (χ0) is 37.8. The highest BCUT2D eigenvalue weighted by Gasteiger charge is 2.32. The lowest BCUT2D eigenvalue weighted by Gasteiger charge is -2.25. The number of aromatic nitrogens is 2. The number of hydrogen-bond donors (Lipinski definition) is 12. The largest absolute Gasteiger partial charge is 0.480 e. The fourth-order valence-corrected chi connectivity index (χ4v) is 5.60. The van der Waals surface area contributed by atoms with E-state index < -0.39 is 73.0 Å². The molecule has 4 rings (SSSR count). The fraction of sp³-hybridized carbons (Fsp3) is 0.353. The summed E-state index contributed by atoms with van der Waals surface area (Å²) in [6.07, 6.45) is 3.34. The molecular formula is C34H44N10O8. The van der Waals surface area contributed by atoms with Gasteiger partial charge in [-0.25, -0.2) is 4.79 Å². The van der Waals surface area contributed by atoms with Crippen molar-refractivity contribution in [2.75, 3.05) is 19.8 Å². The second-order valence-corrected chi connectivity index (χ2v) is 12.1. The molecule has 0 aliphatic carbocycles. The van der Waals surface area contributed by atoms with Crippen molar-refractivity contribution in [1.29, 1.82) is 0 Å². The molecule has 0 unspecified atom stereocenters. The van der Waals surface area contributed by atoms with E-state index in [9.17, 15) is 39.3 Å². The van der Waals surface area contributed by atoms with Gasteiger partial charge in [0, 0.05) is 53.6 Å². The first kappa shape index (κ1) is 38.8. The van der Waals surface area contributed by atoms with Crippen LogP contribution in [0.25, 0.3) is 21.8 Å². The van der Waals surface area contributed by atoms with Crippen molar-refractivity contribution >= 4 is 57.4 Å². The van der Waals surface area contributed by atoms with Crippen LogP contribution in [0.4, 0.5) is 0 Å². The second-order valence-electron chi connectivity index (χ2n) is 12.1. The SMILES string of the molecule is NC(N)=NCCC[C@H](NC(=O)[C@H](CO)NC(=O)[C@H](Cc1c[nH]c2ccccc12)NC(=O)[C@@H](N)CO)C(=O)N[C@@H](Cc1c[nH]c2ccccc12)C(=O)O. The van der Waals surface area contributed by atoms with E-state index in [0.29, 0.717) is 11.1 Å². The van der Waals surface area contributed by atoms with Gasteiger partial charge >= 0.3 is 5.97 Å². The molecule has 2 heterocycles. The van der Waals surface area contributed by atoms with Crippen LogP contribution >= 0.6 is 0 Å². The van der Waals surface area contributed by atoms with Crippen LogP contribution in [-0.2, 0) is 36.8 Å². The number of aliphatic imine (C=N–C) groups is 1. The predicted octanol–water partition coefficient (Wildman–Crippen LogP) is -2.18. The number of carbonyl (C=O) groups excluding carboxylic acids is 4. The highest BCUT2D eigenvalue weighted by atomic mass is 16.4. The molecule has 52 heavy (non-hydrogen) atoms. The van der Waals surface area contributed by atoms with E-state index >= 15 is 0 Å². The highest BCUT2D eigenvalue weighted by Crippen LogP contribution is 2.20. The molecule has 2 aromatic carbocycles. The van der Waals surface area contributed by atoms with Crippen molar-refractivity contribution in [2.24, 2.45) is 22.2 Å². The molecule has 18 heteroatoms. The van der Waals surface area contributed by atoms with Gasteiger partial charge in [-0.1, -0.05) is 36.4 Å². The van der Waals surface area contributed by atoms with Crippen molar-refractivity contribution in [3.63, 3.8) is 0 Å². The number of amides is 4. The van der Waals surface area contributed by atoms with E-state index in [1.807, 2.05) is 36.4 Å². The number of aliphatic hydroxyl groups is 2. The Morgan fingerprint density at radius 2 is 1.15 bits per heavy atom. The number of nitrogens with one attached hydrogen (secondary N) is 6. The van der Waals surface area contributed by atoms with Crippen LogP contribution in [0.5, 0.6) is 0 Å². The smallest absolute Gasteiger partial charge is 0.326 e. The number of benzene rings is 2. The molecule has 278 valence electrons. The lowest BCUT2D eigenvalue weighted by atomic mass is 10.0. The van der Waals surface area contributed by atoms with E-state index in [2.05, 4.69) is 36.2 Å². The third-order valence-corrected chi connectivity index (χ3v) is 8.37. The molecule has 4 amide bonds. The van der Waals surface area contributed by atoms with Gasteiger partial charge in [0.25, 0.3) is 0 Å². The molecule has 0 aliphatic rings. The standard InChI is InChI=1S/C34H44N10O8/c35-22(16-45)29(47)42-26(12-18-14-39-23-8-3-1-6-20(18)23)31(49)44-28(17-46)32(50)41-25(10-5-11-38-34(36)37)30(48)43-27(33(51)52)13-19-15-40-24-9-4-2-7-21(19)24/h1-4,6-9,14-15,22,25-28,39-40,45-46H,5,10-13,16-17,35H2,(H,41,50)(H,42,47)(H,43,48)(H,44,49)(H,51,52)(H4,36,37,38)/t22-,25-,26-,27-,28-/m0/s1. The number of guanidine groups is 1. The second kappa shape index (κ2) is 18.3. The minimum atomic E-state index is -1.60. The topological polar surface area (TPSA) is 316 Å². The van der Waals surface area contributed by atoms with E-state index in [-0.39, 0.29) is 38.2 Å². The molecule has 4 aromatic rings. The van der Waals surface area contributed by atoms with Crippen LogP contribution in [0.1, 0.15) is 24.0 Å². The van der Waals surface area contributed by atoms with Gasteiger partial charge in [0.2, 0.25) is 23.6 Å². The summed E-state index contributed by atoms with van der Waals surface area (Å²) in [6, 6.07) is 7.58. The summed E-state index contributed by atoms with van der Waals surface area (Å²) in [7, 11) is 0. The minimum absolute atomic E-state index is 0.0435. The predicted molar refractivity (Wildman–Crippen MR) is 191 cm³/mol. The first-order chi connectivity index (χ1) is 24.9. The molecule has 2 aromatic heterocycles. The van der Waals surface area contributed by atoms with Crippen molar-refractivity contribution in [3.8, 4) is 0 Å². The summed E-state index contributed by atoms with van der Waals surface area (Å²) in [4.78, 5) is 75.5. The van der Waals surface area contributed by atoms with Gasteiger partial charge in [-0.15, -0.1) is 0 Å². The van der Waals surface area contributed by atoms with Crippen molar-refractivity contribution in [2.45, 2.75) is 55.9 Å². The number of para-hydroxylation sites is 2. The van der Waals surface area contributed by atoms with E-state index in [0.717, 1.165) is 21.8 Å². The maximum Gasteiger partial charge on any atom is 0.326 e. The Morgan fingerprint density at radius 1 is 0.673 bits per heavy atom. The Bertz CT molecular complexity index is 1900. The number of aliphatic carboxylic acids is 1. The average Bonchev–Trinajstić information content (AvgIpc) is 3.74. The Kier molecular flexibility index (Phi) is 13.7. The van der Waals surface area contributed by atoms with Crippen LogP contribution in [0.3, 0.4) is 0 Å². The normalized spacial score (nSPS) is 14.1. The number of nitrogens with two attached hydrogens (primary N) is 3. The van der Waals surface area contributed by atoms with Crippen LogP contribution in [0, 0.1) is 0 Å². The quantitative estimate of drug-likeness (QED) is 0.0281. The van der Waals surface area contributed by atoms with Gasteiger partial charge in [-0.05, 0) is 36.1 Å². The van der Waals surface area contributed by atoms with E-state index in [4.69, 9.17) is 17.2 Å². The minimum Gasteiger partial charge on any atom is -0.480 e. The summed E-state index contributed by atoms with van der Waals surface area (Å²) in [5.41, 5.74) is 19.3. The Labute approximate surface area is 297 Å². The molecule has 0 radical (unpaired) electrons. The summed E-state index contributed by atoms with van der Waals surface area (Å²) in [6.45, 7) is -1.50. The number of carboxylic acids is 1. The summed E-state index contributed by atoms with van der Waals surface area (Å²) in [5.74, 6) is -5.00. The van der Waals surface area contributed by atoms with Gasteiger partial charge < -0.3 is 63.8 Å². The molecule has 15 N–H and O–H groups in total. The van der Waals surface area contributed by atoms with Gasteiger partial charge in [0.1, 0.15) is 30.2 Å². The number of aliphatic hydroxyl groups excluding tert-OH is 2. The Balaban J connectivity index is 1.50. The van der Waals surface area contributed by atoms with Crippen LogP contribution in [0.2, 0.25) is 0 Å². The van der Waals surface area contributed by atoms with Crippen molar-refractivity contribution in [3.05, 3.63) is 72.1 Å². The summed E-state index contributed by atoms with van der Waals surface area (Å²) >= 11 is 0. The molecule has 0 saturated heterocycles. The van der Waals surface area contributed by atoms with Crippen LogP contribution < -0.4 is 38.5 Å². The van der Waals surface area contributed by atoms with Crippen molar-refractivity contribution < 1.29 is 39.3 Å². The lowest BCUT2D eigenvalue weighted by molar-refractivity contribution is -0.142. The number of H-pyrrole nitrogens is 2.